The maximum atomic E-state index is 14.0. The van der Waals surface area contributed by atoms with E-state index in [1.165, 1.54) is 12.1 Å². The molecule has 1 N–H and O–H groups in total. The zero-order chi connectivity index (χ0) is 21.8. The zero-order valence-electron chi connectivity index (χ0n) is 17.8. The maximum absolute atomic E-state index is 14.0. The quantitative estimate of drug-likeness (QED) is 0.659. The molecule has 31 heavy (non-hydrogen) atoms. The summed E-state index contributed by atoms with van der Waals surface area (Å²) in [6.07, 6.45) is 5.08. The summed E-state index contributed by atoms with van der Waals surface area (Å²) in [6, 6.07) is 12.1. The first-order chi connectivity index (χ1) is 15.0. The molecule has 1 fully saturated rings. The number of amides is 1. The van der Waals surface area contributed by atoms with Gasteiger partial charge in [-0.1, -0.05) is 18.2 Å². The van der Waals surface area contributed by atoms with E-state index in [1.807, 2.05) is 38.2 Å². The monoisotopic (exact) mass is 419 g/mol. The number of carbonyl (C=O) groups is 1. The summed E-state index contributed by atoms with van der Waals surface area (Å²) in [4.78, 5) is 28.3. The molecule has 3 aromatic rings. The lowest BCUT2D eigenvalue weighted by molar-refractivity contribution is 0.0707. The summed E-state index contributed by atoms with van der Waals surface area (Å²) in [5.41, 5.74) is 2.81. The lowest BCUT2D eigenvalue weighted by atomic mass is 9.89. The van der Waals surface area contributed by atoms with Gasteiger partial charge in [-0.05, 0) is 51.0 Å². The van der Waals surface area contributed by atoms with Crippen LogP contribution in [0.4, 0.5) is 10.3 Å². The molecular formula is C24H26FN5O. The summed E-state index contributed by atoms with van der Waals surface area (Å²) in [5.74, 6) is 0.0190. The lowest BCUT2D eigenvalue weighted by Crippen LogP contribution is -2.38. The highest BCUT2D eigenvalue weighted by atomic mass is 19.1. The third-order valence-electron chi connectivity index (χ3n) is 5.45. The number of aromatic nitrogens is 3. The third-order valence-corrected chi connectivity index (χ3v) is 5.45. The Hall–Kier alpha value is -3.35. The molecule has 1 amide bonds. The van der Waals surface area contributed by atoms with Crippen LogP contribution >= 0.6 is 0 Å². The predicted octanol–water partition coefficient (Wildman–Crippen LogP) is 4.52. The molecule has 6 nitrogen and oxygen atoms in total. The number of hydrogen-bond donors (Lipinski definition) is 1. The molecule has 1 aliphatic rings. The van der Waals surface area contributed by atoms with Crippen LogP contribution in [0.2, 0.25) is 0 Å². The van der Waals surface area contributed by atoms with Crippen molar-refractivity contribution < 1.29 is 9.18 Å². The Balaban J connectivity index is 1.57. The van der Waals surface area contributed by atoms with Crippen LogP contribution in [-0.2, 0) is 0 Å². The van der Waals surface area contributed by atoms with Crippen LogP contribution in [0.3, 0.4) is 0 Å². The van der Waals surface area contributed by atoms with Crippen molar-refractivity contribution in [1.29, 1.82) is 0 Å². The van der Waals surface area contributed by atoms with Gasteiger partial charge >= 0.3 is 0 Å². The molecule has 4 rings (SSSR count). The van der Waals surface area contributed by atoms with E-state index in [-0.39, 0.29) is 23.4 Å². The van der Waals surface area contributed by atoms with Gasteiger partial charge in [0, 0.05) is 43.0 Å². The van der Waals surface area contributed by atoms with E-state index in [0.717, 1.165) is 29.8 Å². The normalized spacial score (nSPS) is 14.6. The highest BCUT2D eigenvalue weighted by Crippen LogP contribution is 2.34. The summed E-state index contributed by atoms with van der Waals surface area (Å²) in [7, 11) is 0. The molecule has 0 atom stereocenters. The Bertz CT molecular complexity index is 1050. The number of piperidine rings is 1. The smallest absolute Gasteiger partial charge is 0.256 e. The fourth-order valence-corrected chi connectivity index (χ4v) is 3.91. The minimum Gasteiger partial charge on any atom is -0.352 e. The van der Waals surface area contributed by atoms with Crippen molar-refractivity contribution in [2.45, 2.75) is 38.6 Å². The van der Waals surface area contributed by atoms with Crippen LogP contribution < -0.4 is 5.32 Å². The SMILES string of the molecule is CC(C)Nc1ncc(-c2ccccn2)c(C2CCN(C(=O)c3ccccc3F)CC2)n1. The van der Waals surface area contributed by atoms with E-state index in [2.05, 4.69) is 15.3 Å². The molecule has 0 radical (unpaired) electrons. The minimum atomic E-state index is -0.479. The Morgan fingerprint density at radius 2 is 1.84 bits per heavy atom. The first-order valence-corrected chi connectivity index (χ1v) is 10.6. The van der Waals surface area contributed by atoms with Gasteiger partial charge in [0.25, 0.3) is 5.91 Å². The first kappa shape index (κ1) is 20.9. The van der Waals surface area contributed by atoms with E-state index in [9.17, 15) is 9.18 Å². The molecule has 0 aliphatic carbocycles. The van der Waals surface area contributed by atoms with Crippen molar-refractivity contribution in [3.63, 3.8) is 0 Å². The van der Waals surface area contributed by atoms with Gasteiger partial charge in [-0.15, -0.1) is 0 Å². The average molecular weight is 420 g/mol. The van der Waals surface area contributed by atoms with Gasteiger partial charge in [-0.2, -0.15) is 0 Å². The number of benzene rings is 1. The molecular weight excluding hydrogens is 393 g/mol. The highest BCUT2D eigenvalue weighted by Gasteiger charge is 2.28. The molecule has 1 saturated heterocycles. The summed E-state index contributed by atoms with van der Waals surface area (Å²) < 4.78 is 14.0. The summed E-state index contributed by atoms with van der Waals surface area (Å²) >= 11 is 0. The fraction of sp³-hybridized carbons (Fsp3) is 0.333. The largest absolute Gasteiger partial charge is 0.352 e. The number of hydrogen-bond acceptors (Lipinski definition) is 5. The van der Waals surface area contributed by atoms with Crippen LogP contribution in [0.5, 0.6) is 0 Å². The van der Waals surface area contributed by atoms with Gasteiger partial charge in [0.1, 0.15) is 5.82 Å². The Morgan fingerprint density at radius 3 is 2.52 bits per heavy atom. The molecule has 0 saturated carbocycles. The Labute approximate surface area is 181 Å². The second kappa shape index (κ2) is 9.20. The fourth-order valence-electron chi connectivity index (χ4n) is 3.91. The summed E-state index contributed by atoms with van der Waals surface area (Å²) in [5, 5.41) is 3.27. The molecule has 7 heteroatoms. The van der Waals surface area contributed by atoms with Crippen LogP contribution in [0.1, 0.15) is 48.7 Å². The van der Waals surface area contributed by atoms with Gasteiger partial charge < -0.3 is 10.2 Å². The van der Waals surface area contributed by atoms with Crippen molar-refractivity contribution in [3.8, 4) is 11.3 Å². The van der Waals surface area contributed by atoms with Crippen LogP contribution in [0.15, 0.2) is 54.9 Å². The number of halogens is 1. The van der Waals surface area contributed by atoms with Crippen molar-refractivity contribution in [1.82, 2.24) is 19.9 Å². The first-order valence-electron chi connectivity index (χ1n) is 10.6. The molecule has 0 spiro atoms. The Morgan fingerprint density at radius 1 is 1.10 bits per heavy atom. The zero-order valence-corrected chi connectivity index (χ0v) is 17.8. The van der Waals surface area contributed by atoms with Crippen molar-refractivity contribution >= 4 is 11.9 Å². The topological polar surface area (TPSA) is 71.0 Å². The number of likely N-dealkylation sites (tertiary alicyclic amines) is 1. The molecule has 2 aromatic heterocycles. The van der Waals surface area contributed by atoms with E-state index < -0.39 is 5.82 Å². The van der Waals surface area contributed by atoms with Crippen molar-refractivity contribution in [2.24, 2.45) is 0 Å². The average Bonchev–Trinajstić information content (AvgIpc) is 2.79. The van der Waals surface area contributed by atoms with E-state index in [1.54, 1.807) is 23.2 Å². The van der Waals surface area contributed by atoms with Crippen LogP contribution in [0.25, 0.3) is 11.3 Å². The number of pyridine rings is 1. The van der Waals surface area contributed by atoms with Crippen molar-refractivity contribution in [3.05, 3.63) is 71.9 Å². The number of carbonyl (C=O) groups excluding carboxylic acids is 1. The van der Waals surface area contributed by atoms with Gasteiger partial charge in [0.2, 0.25) is 5.95 Å². The number of nitrogens with zero attached hydrogens (tertiary/aromatic N) is 4. The van der Waals surface area contributed by atoms with Gasteiger partial charge in [0.15, 0.2) is 0 Å². The molecule has 0 unspecified atom stereocenters. The number of nitrogens with one attached hydrogen (secondary N) is 1. The molecule has 160 valence electrons. The number of rotatable bonds is 5. The highest BCUT2D eigenvalue weighted by molar-refractivity contribution is 5.94. The van der Waals surface area contributed by atoms with Gasteiger partial charge in [0.05, 0.1) is 17.0 Å². The standard InChI is InChI=1S/C24H26FN5O/c1-16(2)28-24-27-15-19(21-9-5-6-12-26-21)22(29-24)17-10-13-30(14-11-17)23(31)18-7-3-4-8-20(18)25/h3-9,12,15-17H,10-11,13-14H2,1-2H3,(H,27,28,29). The van der Waals surface area contributed by atoms with Gasteiger partial charge in [-0.3, -0.25) is 9.78 Å². The molecule has 1 aromatic carbocycles. The second-order valence-corrected chi connectivity index (χ2v) is 8.05. The van der Waals surface area contributed by atoms with E-state index in [0.29, 0.717) is 19.0 Å². The van der Waals surface area contributed by atoms with Crippen LogP contribution in [0, 0.1) is 5.82 Å². The van der Waals surface area contributed by atoms with Crippen LogP contribution in [-0.4, -0.2) is 44.9 Å². The maximum Gasteiger partial charge on any atom is 0.256 e. The third kappa shape index (κ3) is 4.71. The summed E-state index contributed by atoms with van der Waals surface area (Å²) in [6.45, 7) is 5.19. The lowest BCUT2D eigenvalue weighted by Gasteiger charge is -2.32. The minimum absolute atomic E-state index is 0.126. The second-order valence-electron chi connectivity index (χ2n) is 8.05. The van der Waals surface area contributed by atoms with E-state index in [4.69, 9.17) is 4.98 Å². The molecule has 3 heterocycles. The molecule has 0 bridgehead atoms. The number of anilines is 1. The van der Waals surface area contributed by atoms with E-state index >= 15 is 0 Å². The molecule has 1 aliphatic heterocycles. The van der Waals surface area contributed by atoms with Gasteiger partial charge in [-0.25, -0.2) is 14.4 Å². The predicted molar refractivity (Wildman–Crippen MR) is 118 cm³/mol. The van der Waals surface area contributed by atoms with Crippen molar-refractivity contribution in [2.75, 3.05) is 18.4 Å². The Kier molecular flexibility index (Phi) is 6.21.